The largest absolute Gasteiger partial charge is 0.477 e. The van der Waals surface area contributed by atoms with Crippen LogP contribution in [-0.2, 0) is 11.3 Å². The van der Waals surface area contributed by atoms with Gasteiger partial charge in [-0.1, -0.05) is 0 Å². The Morgan fingerprint density at radius 1 is 1.53 bits per heavy atom. The number of aromatic carboxylic acids is 1. The lowest BCUT2D eigenvalue weighted by atomic mass is 10.3. The first kappa shape index (κ1) is 10.2. The first-order valence-electron chi connectivity index (χ1n) is 4.75. The van der Waals surface area contributed by atoms with Crippen LogP contribution < -0.4 is 5.32 Å². The number of rotatable bonds is 4. The average Bonchev–Trinajstić information content (AvgIpc) is 2.93. The summed E-state index contributed by atoms with van der Waals surface area (Å²) in [5.74, 6) is -0.638. The Bertz CT molecular complexity index is 395. The monoisotopic (exact) mass is 225 g/mol. The van der Waals surface area contributed by atoms with Crippen molar-refractivity contribution in [3.05, 3.63) is 21.9 Å². The molecule has 1 aromatic rings. The van der Waals surface area contributed by atoms with Crippen LogP contribution in [0.4, 0.5) is 0 Å². The van der Waals surface area contributed by atoms with Crippen molar-refractivity contribution in [2.75, 3.05) is 0 Å². The third kappa shape index (κ3) is 2.56. The molecule has 2 rings (SSSR count). The Balaban J connectivity index is 1.87. The van der Waals surface area contributed by atoms with E-state index in [1.807, 2.05) is 0 Å². The second-order valence-electron chi connectivity index (χ2n) is 3.62. The molecule has 1 aliphatic carbocycles. The number of nitrogens with one attached hydrogen (secondary N) is 1. The van der Waals surface area contributed by atoms with Gasteiger partial charge in [0, 0.05) is 12.5 Å². The van der Waals surface area contributed by atoms with E-state index in [0.29, 0.717) is 11.4 Å². The maximum atomic E-state index is 11.3. The van der Waals surface area contributed by atoms with Gasteiger partial charge in [-0.15, -0.1) is 11.3 Å². The third-order valence-corrected chi connectivity index (χ3v) is 3.25. The van der Waals surface area contributed by atoms with Gasteiger partial charge in [0.05, 0.1) is 0 Å². The van der Waals surface area contributed by atoms with Crippen molar-refractivity contribution in [2.24, 2.45) is 5.92 Å². The normalized spacial score (nSPS) is 14.9. The predicted molar refractivity (Wildman–Crippen MR) is 55.8 cm³/mol. The smallest absolute Gasteiger partial charge is 0.345 e. The van der Waals surface area contributed by atoms with Crippen molar-refractivity contribution in [2.45, 2.75) is 19.4 Å². The number of hydrogen-bond acceptors (Lipinski definition) is 3. The molecule has 1 fully saturated rings. The van der Waals surface area contributed by atoms with Crippen LogP contribution in [-0.4, -0.2) is 17.0 Å². The summed E-state index contributed by atoms with van der Waals surface area (Å²) < 4.78 is 0. The fourth-order valence-electron chi connectivity index (χ4n) is 1.26. The van der Waals surface area contributed by atoms with Crippen LogP contribution >= 0.6 is 11.3 Å². The molecule has 2 N–H and O–H groups in total. The van der Waals surface area contributed by atoms with E-state index < -0.39 is 5.97 Å². The molecule has 1 saturated carbocycles. The summed E-state index contributed by atoms with van der Waals surface area (Å²) in [6.07, 6.45) is 1.96. The molecule has 1 heterocycles. The van der Waals surface area contributed by atoms with E-state index in [2.05, 4.69) is 5.32 Å². The minimum absolute atomic E-state index is 0.0816. The van der Waals surface area contributed by atoms with Gasteiger partial charge in [0.25, 0.3) is 0 Å². The Morgan fingerprint density at radius 2 is 2.27 bits per heavy atom. The lowest BCUT2D eigenvalue weighted by molar-refractivity contribution is -0.122. The van der Waals surface area contributed by atoms with Crippen LogP contribution in [0.25, 0.3) is 0 Å². The van der Waals surface area contributed by atoms with Crippen molar-refractivity contribution in [3.8, 4) is 0 Å². The summed E-state index contributed by atoms with van der Waals surface area (Å²) in [6, 6.07) is 1.60. The number of carbonyl (C=O) groups excluding carboxylic acids is 1. The summed E-state index contributed by atoms with van der Waals surface area (Å²) in [5, 5.41) is 13.2. The zero-order valence-electron chi connectivity index (χ0n) is 8.03. The molecule has 0 bridgehead atoms. The molecule has 0 radical (unpaired) electrons. The van der Waals surface area contributed by atoms with Crippen molar-refractivity contribution < 1.29 is 14.7 Å². The van der Waals surface area contributed by atoms with Crippen LogP contribution in [0.3, 0.4) is 0 Å². The maximum absolute atomic E-state index is 11.3. The van der Waals surface area contributed by atoms with Gasteiger partial charge >= 0.3 is 5.97 Å². The quantitative estimate of drug-likeness (QED) is 0.815. The van der Waals surface area contributed by atoms with Crippen LogP contribution in [0.5, 0.6) is 0 Å². The van der Waals surface area contributed by atoms with Crippen LogP contribution in [0.15, 0.2) is 11.4 Å². The van der Waals surface area contributed by atoms with E-state index in [0.717, 1.165) is 18.4 Å². The highest BCUT2D eigenvalue weighted by molar-refractivity contribution is 7.12. The SMILES string of the molecule is O=C(O)c1cc(CNC(=O)C2CC2)cs1. The van der Waals surface area contributed by atoms with E-state index in [4.69, 9.17) is 5.11 Å². The van der Waals surface area contributed by atoms with Gasteiger partial charge in [-0.3, -0.25) is 4.79 Å². The van der Waals surface area contributed by atoms with Gasteiger partial charge in [0.2, 0.25) is 5.91 Å². The molecule has 0 atom stereocenters. The predicted octanol–water partition coefficient (Wildman–Crippen LogP) is 1.47. The Labute approximate surface area is 90.9 Å². The summed E-state index contributed by atoms with van der Waals surface area (Å²) in [4.78, 5) is 22.2. The molecule has 1 aliphatic rings. The standard InChI is InChI=1S/C10H11NO3S/c12-9(7-1-2-7)11-4-6-3-8(10(13)14)15-5-6/h3,5,7H,1-2,4H2,(H,11,12)(H,13,14). The molecule has 5 heteroatoms. The average molecular weight is 225 g/mol. The number of carboxylic acids is 1. The number of amides is 1. The highest BCUT2D eigenvalue weighted by atomic mass is 32.1. The third-order valence-electron chi connectivity index (χ3n) is 2.28. The van der Waals surface area contributed by atoms with Crippen molar-refractivity contribution >= 4 is 23.2 Å². The van der Waals surface area contributed by atoms with E-state index in [1.54, 1.807) is 11.4 Å². The minimum atomic E-state index is -0.917. The van der Waals surface area contributed by atoms with Crippen LogP contribution in [0.1, 0.15) is 28.1 Å². The highest BCUT2D eigenvalue weighted by Crippen LogP contribution is 2.28. The first-order valence-corrected chi connectivity index (χ1v) is 5.63. The van der Waals surface area contributed by atoms with Crippen molar-refractivity contribution in [1.82, 2.24) is 5.32 Å². The van der Waals surface area contributed by atoms with Gasteiger partial charge in [-0.25, -0.2) is 4.79 Å². The molecular formula is C10H11NO3S. The van der Waals surface area contributed by atoms with E-state index >= 15 is 0 Å². The molecule has 1 aromatic heterocycles. The Morgan fingerprint density at radius 3 is 2.80 bits per heavy atom. The molecular weight excluding hydrogens is 214 g/mol. The Hall–Kier alpha value is -1.36. The highest BCUT2D eigenvalue weighted by Gasteiger charge is 2.29. The molecule has 15 heavy (non-hydrogen) atoms. The maximum Gasteiger partial charge on any atom is 0.345 e. The second kappa shape index (κ2) is 4.02. The van der Waals surface area contributed by atoms with E-state index in [9.17, 15) is 9.59 Å². The summed E-state index contributed by atoms with van der Waals surface area (Å²) in [7, 11) is 0. The van der Waals surface area contributed by atoms with Crippen LogP contribution in [0, 0.1) is 5.92 Å². The molecule has 0 spiro atoms. The summed E-state index contributed by atoms with van der Waals surface area (Å²) >= 11 is 1.18. The van der Waals surface area contributed by atoms with Crippen molar-refractivity contribution in [3.63, 3.8) is 0 Å². The van der Waals surface area contributed by atoms with Gasteiger partial charge < -0.3 is 10.4 Å². The van der Waals surface area contributed by atoms with Crippen molar-refractivity contribution in [1.29, 1.82) is 0 Å². The number of carboxylic acid groups (broad SMARTS) is 1. The lowest BCUT2D eigenvalue weighted by Gasteiger charge is -2.00. The second-order valence-corrected chi connectivity index (χ2v) is 4.53. The summed E-state index contributed by atoms with van der Waals surface area (Å²) in [6.45, 7) is 0.430. The van der Waals surface area contributed by atoms with Gasteiger partial charge in [-0.2, -0.15) is 0 Å². The molecule has 1 amide bonds. The molecule has 80 valence electrons. The summed E-state index contributed by atoms with van der Waals surface area (Å²) in [5.41, 5.74) is 0.853. The fraction of sp³-hybridized carbons (Fsp3) is 0.400. The van der Waals surface area contributed by atoms with Gasteiger partial charge in [-0.05, 0) is 29.9 Å². The van der Waals surface area contributed by atoms with Gasteiger partial charge in [0.15, 0.2) is 0 Å². The zero-order valence-corrected chi connectivity index (χ0v) is 8.84. The number of carbonyl (C=O) groups is 2. The van der Waals surface area contributed by atoms with E-state index in [1.165, 1.54) is 11.3 Å². The number of hydrogen-bond donors (Lipinski definition) is 2. The molecule has 0 aromatic carbocycles. The number of thiophene rings is 1. The molecule has 0 saturated heterocycles. The van der Waals surface area contributed by atoms with E-state index in [-0.39, 0.29) is 11.8 Å². The molecule has 0 aliphatic heterocycles. The zero-order chi connectivity index (χ0) is 10.8. The topological polar surface area (TPSA) is 66.4 Å². The fourth-order valence-corrected chi connectivity index (χ4v) is 2.01. The Kier molecular flexibility index (Phi) is 2.73. The van der Waals surface area contributed by atoms with Crippen LogP contribution in [0.2, 0.25) is 0 Å². The minimum Gasteiger partial charge on any atom is -0.477 e. The van der Waals surface area contributed by atoms with Gasteiger partial charge in [0.1, 0.15) is 4.88 Å². The molecule has 0 unspecified atom stereocenters. The molecule has 4 nitrogen and oxygen atoms in total. The lowest BCUT2D eigenvalue weighted by Crippen LogP contribution is -2.23. The first-order chi connectivity index (χ1) is 7.16.